The molecule has 2 heterocycles. The van der Waals surface area contributed by atoms with E-state index in [1.54, 1.807) is 0 Å². The topological polar surface area (TPSA) is 51.4 Å². The smallest absolute Gasteiger partial charge is 0.128 e. The first kappa shape index (κ1) is 12.3. The van der Waals surface area contributed by atoms with Gasteiger partial charge in [0.25, 0.3) is 0 Å². The predicted molar refractivity (Wildman–Crippen MR) is 68.9 cm³/mol. The van der Waals surface area contributed by atoms with Crippen LogP contribution >= 0.6 is 0 Å². The maximum absolute atomic E-state index is 5.60. The Kier molecular flexibility index (Phi) is 4.34. The molecule has 1 saturated heterocycles. The minimum atomic E-state index is 0.494. The summed E-state index contributed by atoms with van der Waals surface area (Å²) >= 11 is 0. The second kappa shape index (κ2) is 5.98. The number of aromatic nitrogens is 1. The molecule has 0 aromatic carbocycles. The Morgan fingerprint density at radius 3 is 3.12 bits per heavy atom. The minimum absolute atomic E-state index is 0.494. The summed E-state index contributed by atoms with van der Waals surface area (Å²) in [6, 6.07) is 6.00. The summed E-state index contributed by atoms with van der Waals surface area (Å²) in [7, 11) is 2.08. The standard InChI is InChI=1S/C13H21N3O/c1-16(9-11-4-3-7-17-10-11)13-6-2-5-12(8-14)15-13/h2,5-6,11H,3-4,7-10,14H2,1H3. The number of nitrogens with two attached hydrogens (primary N) is 1. The molecule has 1 aromatic heterocycles. The molecule has 4 heteroatoms. The Balaban J connectivity index is 1.95. The van der Waals surface area contributed by atoms with E-state index in [0.717, 1.165) is 31.3 Å². The second-order valence-electron chi connectivity index (χ2n) is 4.65. The summed E-state index contributed by atoms with van der Waals surface area (Å²) in [5, 5.41) is 0. The van der Waals surface area contributed by atoms with Crippen molar-refractivity contribution in [2.24, 2.45) is 11.7 Å². The van der Waals surface area contributed by atoms with Crippen LogP contribution < -0.4 is 10.6 Å². The number of nitrogens with zero attached hydrogens (tertiary/aromatic N) is 2. The fourth-order valence-electron chi connectivity index (χ4n) is 2.23. The lowest BCUT2D eigenvalue weighted by molar-refractivity contribution is 0.0576. The van der Waals surface area contributed by atoms with Crippen LogP contribution in [0.4, 0.5) is 5.82 Å². The first-order valence-corrected chi connectivity index (χ1v) is 6.24. The largest absolute Gasteiger partial charge is 0.381 e. The normalized spacial score (nSPS) is 20.2. The van der Waals surface area contributed by atoms with Crippen LogP contribution in [-0.4, -0.2) is 31.8 Å². The molecule has 0 radical (unpaired) electrons. The Hall–Kier alpha value is -1.13. The van der Waals surface area contributed by atoms with Gasteiger partial charge in [-0.3, -0.25) is 0 Å². The van der Waals surface area contributed by atoms with Gasteiger partial charge in [0, 0.05) is 26.7 Å². The first-order valence-electron chi connectivity index (χ1n) is 6.24. The number of pyridine rings is 1. The van der Waals surface area contributed by atoms with Crippen molar-refractivity contribution in [1.82, 2.24) is 4.98 Å². The third-order valence-electron chi connectivity index (χ3n) is 3.18. The number of hydrogen-bond acceptors (Lipinski definition) is 4. The van der Waals surface area contributed by atoms with Gasteiger partial charge < -0.3 is 15.4 Å². The fraction of sp³-hybridized carbons (Fsp3) is 0.615. The predicted octanol–water partition coefficient (Wildman–Crippen LogP) is 1.40. The molecule has 1 aliphatic heterocycles. The Bertz CT molecular complexity index is 350. The van der Waals surface area contributed by atoms with Gasteiger partial charge in [0.15, 0.2) is 0 Å². The molecule has 1 aliphatic rings. The highest BCUT2D eigenvalue weighted by atomic mass is 16.5. The lowest BCUT2D eigenvalue weighted by Crippen LogP contribution is -2.31. The van der Waals surface area contributed by atoms with E-state index in [-0.39, 0.29) is 0 Å². The maximum atomic E-state index is 5.60. The van der Waals surface area contributed by atoms with Crippen molar-refractivity contribution in [2.75, 3.05) is 31.7 Å². The summed E-state index contributed by atoms with van der Waals surface area (Å²) < 4.78 is 5.50. The molecule has 0 bridgehead atoms. The molecule has 94 valence electrons. The van der Waals surface area contributed by atoms with Gasteiger partial charge in [0.1, 0.15) is 5.82 Å². The average Bonchev–Trinajstić information content (AvgIpc) is 2.40. The molecule has 1 aromatic rings. The zero-order valence-electron chi connectivity index (χ0n) is 10.4. The molecule has 2 rings (SSSR count). The summed E-state index contributed by atoms with van der Waals surface area (Å²) in [6.07, 6.45) is 2.43. The Morgan fingerprint density at radius 2 is 2.41 bits per heavy atom. The van der Waals surface area contributed by atoms with Gasteiger partial charge in [-0.25, -0.2) is 4.98 Å². The quantitative estimate of drug-likeness (QED) is 0.857. The minimum Gasteiger partial charge on any atom is -0.381 e. The van der Waals surface area contributed by atoms with Gasteiger partial charge in [-0.05, 0) is 30.9 Å². The van der Waals surface area contributed by atoms with Crippen LogP contribution in [0.1, 0.15) is 18.5 Å². The van der Waals surface area contributed by atoms with Gasteiger partial charge in [-0.2, -0.15) is 0 Å². The van der Waals surface area contributed by atoms with E-state index in [0.29, 0.717) is 12.5 Å². The average molecular weight is 235 g/mol. The van der Waals surface area contributed by atoms with E-state index in [1.165, 1.54) is 12.8 Å². The first-order chi connectivity index (χ1) is 8.29. The zero-order valence-corrected chi connectivity index (χ0v) is 10.4. The van der Waals surface area contributed by atoms with Crippen LogP contribution in [0.3, 0.4) is 0 Å². The van der Waals surface area contributed by atoms with Crippen LogP contribution in [0.15, 0.2) is 18.2 Å². The van der Waals surface area contributed by atoms with Crippen molar-refractivity contribution in [3.05, 3.63) is 23.9 Å². The van der Waals surface area contributed by atoms with E-state index >= 15 is 0 Å². The highest BCUT2D eigenvalue weighted by Crippen LogP contribution is 2.17. The monoisotopic (exact) mass is 235 g/mol. The molecule has 2 N–H and O–H groups in total. The number of ether oxygens (including phenoxy) is 1. The van der Waals surface area contributed by atoms with Crippen LogP contribution in [-0.2, 0) is 11.3 Å². The second-order valence-corrected chi connectivity index (χ2v) is 4.65. The number of rotatable bonds is 4. The molecule has 1 fully saturated rings. The molecule has 0 spiro atoms. The SMILES string of the molecule is CN(CC1CCCOC1)c1cccc(CN)n1. The fourth-order valence-corrected chi connectivity index (χ4v) is 2.23. The van der Waals surface area contributed by atoms with E-state index < -0.39 is 0 Å². The van der Waals surface area contributed by atoms with Gasteiger partial charge in [0.05, 0.1) is 12.3 Å². The molecule has 0 amide bonds. The van der Waals surface area contributed by atoms with E-state index in [2.05, 4.69) is 16.9 Å². The highest BCUT2D eigenvalue weighted by molar-refractivity contribution is 5.38. The van der Waals surface area contributed by atoms with Crippen molar-refractivity contribution in [2.45, 2.75) is 19.4 Å². The van der Waals surface area contributed by atoms with Gasteiger partial charge in [-0.15, -0.1) is 0 Å². The maximum Gasteiger partial charge on any atom is 0.128 e. The lowest BCUT2D eigenvalue weighted by atomic mass is 10.0. The van der Waals surface area contributed by atoms with Crippen molar-refractivity contribution >= 4 is 5.82 Å². The van der Waals surface area contributed by atoms with Crippen LogP contribution in [0.5, 0.6) is 0 Å². The third-order valence-corrected chi connectivity index (χ3v) is 3.18. The summed E-state index contributed by atoms with van der Waals surface area (Å²) in [5.41, 5.74) is 6.54. The zero-order chi connectivity index (χ0) is 12.1. The van der Waals surface area contributed by atoms with E-state index in [9.17, 15) is 0 Å². The molecular weight excluding hydrogens is 214 g/mol. The van der Waals surface area contributed by atoms with Crippen molar-refractivity contribution in [3.8, 4) is 0 Å². The van der Waals surface area contributed by atoms with Crippen LogP contribution in [0.25, 0.3) is 0 Å². The highest BCUT2D eigenvalue weighted by Gasteiger charge is 2.16. The van der Waals surface area contributed by atoms with E-state index in [4.69, 9.17) is 10.5 Å². The van der Waals surface area contributed by atoms with Crippen molar-refractivity contribution < 1.29 is 4.74 Å². The molecule has 1 atom stereocenters. The lowest BCUT2D eigenvalue weighted by Gasteiger charge is -2.27. The molecule has 1 unspecified atom stereocenters. The van der Waals surface area contributed by atoms with Crippen molar-refractivity contribution in [3.63, 3.8) is 0 Å². The summed E-state index contributed by atoms with van der Waals surface area (Å²) in [6.45, 7) is 3.29. The van der Waals surface area contributed by atoms with Crippen LogP contribution in [0.2, 0.25) is 0 Å². The Morgan fingerprint density at radius 1 is 1.53 bits per heavy atom. The number of anilines is 1. The molecule has 0 aliphatic carbocycles. The van der Waals surface area contributed by atoms with Gasteiger partial charge >= 0.3 is 0 Å². The molecule has 17 heavy (non-hydrogen) atoms. The summed E-state index contributed by atoms with van der Waals surface area (Å²) in [5.74, 6) is 1.62. The van der Waals surface area contributed by atoms with Gasteiger partial charge in [-0.1, -0.05) is 6.07 Å². The third kappa shape index (κ3) is 3.41. The van der Waals surface area contributed by atoms with Gasteiger partial charge in [0.2, 0.25) is 0 Å². The van der Waals surface area contributed by atoms with E-state index in [1.807, 2.05) is 18.2 Å². The number of hydrogen-bond donors (Lipinski definition) is 1. The van der Waals surface area contributed by atoms with Crippen LogP contribution in [0, 0.1) is 5.92 Å². The van der Waals surface area contributed by atoms with Crippen molar-refractivity contribution in [1.29, 1.82) is 0 Å². The Labute approximate surface area is 103 Å². The molecule has 0 saturated carbocycles. The molecular formula is C13H21N3O. The molecule has 4 nitrogen and oxygen atoms in total. The summed E-state index contributed by atoms with van der Waals surface area (Å²) in [4.78, 5) is 6.71.